The number of aryl methyl sites for hydroxylation is 1. The van der Waals surface area contributed by atoms with E-state index in [1.165, 1.54) is 10.6 Å². The van der Waals surface area contributed by atoms with Crippen molar-refractivity contribution in [1.82, 2.24) is 24.3 Å². The average molecular weight is 536 g/mol. The molecule has 198 valence electrons. The minimum atomic E-state index is -3.87. The van der Waals surface area contributed by atoms with Gasteiger partial charge in [-0.2, -0.15) is 0 Å². The number of sulfonamides is 1. The summed E-state index contributed by atoms with van der Waals surface area (Å²) in [6.45, 7) is 0.0229. The van der Waals surface area contributed by atoms with Gasteiger partial charge in [0, 0.05) is 31.4 Å². The van der Waals surface area contributed by atoms with E-state index in [9.17, 15) is 13.2 Å². The number of rotatable bonds is 9. The Morgan fingerprint density at radius 2 is 1.82 bits per heavy atom. The molecule has 10 nitrogen and oxygen atoms in total. The summed E-state index contributed by atoms with van der Waals surface area (Å²) in [5.41, 5.74) is 2.53. The molecule has 0 amide bonds. The van der Waals surface area contributed by atoms with Crippen LogP contribution in [-0.2, 0) is 23.7 Å². The van der Waals surface area contributed by atoms with E-state index >= 15 is 0 Å². The van der Waals surface area contributed by atoms with Crippen molar-refractivity contribution in [2.75, 3.05) is 7.11 Å². The second kappa shape index (κ2) is 10.8. The second-order valence-corrected chi connectivity index (χ2v) is 11.0. The summed E-state index contributed by atoms with van der Waals surface area (Å²) in [6, 6.07) is 15.4. The zero-order chi connectivity index (χ0) is 26.7. The predicted molar refractivity (Wildman–Crippen MR) is 142 cm³/mol. The van der Waals surface area contributed by atoms with Gasteiger partial charge in [-0.05, 0) is 54.3 Å². The van der Waals surface area contributed by atoms with Gasteiger partial charge in [-0.3, -0.25) is 4.79 Å². The molecule has 1 aliphatic rings. The van der Waals surface area contributed by atoms with E-state index in [1.807, 2.05) is 24.3 Å². The standard InChI is InChI=1S/C27H29N5O5S/c1-31-16-20(11-13-27(31)33)19-10-12-25(26(14-19)38(34,35)29-21-6-3-4-7-21)37-18-22-17-32(30-28-22)23-8-5-9-24(15-23)36-2/h5,8-17,21,29H,3-4,6-7,18H2,1-2H3. The molecule has 0 spiro atoms. The highest BCUT2D eigenvalue weighted by Gasteiger charge is 2.26. The summed E-state index contributed by atoms with van der Waals surface area (Å²) in [6.07, 6.45) is 7.01. The first-order valence-corrected chi connectivity index (χ1v) is 13.8. The average Bonchev–Trinajstić information content (AvgIpc) is 3.61. The van der Waals surface area contributed by atoms with Gasteiger partial charge in [0.05, 0.1) is 19.0 Å². The molecule has 38 heavy (non-hydrogen) atoms. The maximum Gasteiger partial charge on any atom is 0.250 e. The molecule has 1 N–H and O–H groups in total. The van der Waals surface area contributed by atoms with Crippen molar-refractivity contribution >= 4 is 10.0 Å². The molecule has 1 saturated carbocycles. The Balaban J connectivity index is 1.43. The fourth-order valence-corrected chi connectivity index (χ4v) is 5.98. The van der Waals surface area contributed by atoms with Crippen molar-refractivity contribution in [1.29, 1.82) is 0 Å². The van der Waals surface area contributed by atoms with Crippen molar-refractivity contribution in [3.8, 4) is 28.3 Å². The molecule has 0 aliphatic heterocycles. The lowest BCUT2D eigenvalue weighted by molar-refractivity contribution is 0.293. The number of pyridine rings is 1. The van der Waals surface area contributed by atoms with Crippen LogP contribution in [0.15, 0.2) is 76.7 Å². The molecule has 0 atom stereocenters. The topological polar surface area (TPSA) is 117 Å². The van der Waals surface area contributed by atoms with E-state index in [4.69, 9.17) is 9.47 Å². The van der Waals surface area contributed by atoms with Gasteiger partial charge in [-0.25, -0.2) is 17.8 Å². The summed E-state index contributed by atoms with van der Waals surface area (Å²) in [5, 5.41) is 8.33. The number of hydrogen-bond donors (Lipinski definition) is 1. The highest BCUT2D eigenvalue weighted by atomic mass is 32.2. The third kappa shape index (κ3) is 5.63. The minimum absolute atomic E-state index is 0.0229. The van der Waals surface area contributed by atoms with Crippen LogP contribution < -0.4 is 19.8 Å². The van der Waals surface area contributed by atoms with Crippen LogP contribution in [0.25, 0.3) is 16.8 Å². The van der Waals surface area contributed by atoms with Gasteiger partial charge in [0.2, 0.25) is 15.6 Å². The first-order chi connectivity index (χ1) is 18.3. The Hall–Kier alpha value is -3.96. The normalized spacial score (nSPS) is 14.1. The molecule has 2 aromatic heterocycles. The third-order valence-electron chi connectivity index (χ3n) is 6.56. The minimum Gasteiger partial charge on any atom is -0.497 e. The molecule has 5 rings (SSSR count). The monoisotopic (exact) mass is 535 g/mol. The maximum atomic E-state index is 13.5. The van der Waals surface area contributed by atoms with Crippen molar-refractivity contribution < 1.29 is 17.9 Å². The van der Waals surface area contributed by atoms with E-state index in [0.29, 0.717) is 17.0 Å². The van der Waals surface area contributed by atoms with Gasteiger partial charge < -0.3 is 14.0 Å². The molecule has 0 bridgehead atoms. The number of methoxy groups -OCH3 is 1. The number of aromatic nitrogens is 4. The molecule has 0 unspecified atom stereocenters. The Kier molecular flexibility index (Phi) is 7.30. The molecule has 1 aliphatic carbocycles. The van der Waals surface area contributed by atoms with Crippen LogP contribution in [0, 0.1) is 0 Å². The first-order valence-electron chi connectivity index (χ1n) is 12.3. The second-order valence-electron chi connectivity index (χ2n) is 9.28. The van der Waals surface area contributed by atoms with Gasteiger partial charge in [-0.15, -0.1) is 5.10 Å². The SMILES string of the molecule is COc1cccc(-n2cc(COc3ccc(-c4ccc(=O)n(C)c4)cc3S(=O)(=O)NC3CCCC3)nn2)c1. The fraction of sp³-hybridized carbons (Fsp3) is 0.296. The summed E-state index contributed by atoms with van der Waals surface area (Å²) < 4.78 is 44.1. The fourth-order valence-electron chi connectivity index (χ4n) is 4.50. The number of hydrogen-bond acceptors (Lipinski definition) is 7. The summed E-state index contributed by atoms with van der Waals surface area (Å²) in [4.78, 5) is 11.9. The van der Waals surface area contributed by atoms with E-state index in [2.05, 4.69) is 15.0 Å². The highest BCUT2D eigenvalue weighted by Crippen LogP contribution is 2.31. The Bertz CT molecular complexity index is 1610. The summed E-state index contributed by atoms with van der Waals surface area (Å²) in [7, 11) is -0.623. The number of nitrogens with one attached hydrogen (secondary N) is 1. The molecule has 4 aromatic rings. The van der Waals surface area contributed by atoms with Crippen molar-refractivity contribution in [2.24, 2.45) is 7.05 Å². The molecule has 11 heteroatoms. The third-order valence-corrected chi connectivity index (χ3v) is 8.11. The predicted octanol–water partition coefficient (Wildman–Crippen LogP) is 3.44. The van der Waals surface area contributed by atoms with Gasteiger partial charge >= 0.3 is 0 Å². The quantitative estimate of drug-likeness (QED) is 0.349. The van der Waals surface area contributed by atoms with Crippen LogP contribution in [-0.4, -0.2) is 41.1 Å². The summed E-state index contributed by atoms with van der Waals surface area (Å²) in [5.74, 6) is 0.902. The molecule has 0 radical (unpaired) electrons. The Labute approximate surface area is 220 Å². The molecule has 2 heterocycles. The number of nitrogens with zero attached hydrogens (tertiary/aromatic N) is 4. The van der Waals surface area contributed by atoms with Crippen LogP contribution in [0.4, 0.5) is 0 Å². The first kappa shape index (κ1) is 25.7. The molecular weight excluding hydrogens is 506 g/mol. The number of benzene rings is 2. The lowest BCUT2D eigenvalue weighted by Gasteiger charge is -2.17. The van der Waals surface area contributed by atoms with E-state index in [0.717, 1.165) is 36.9 Å². The van der Waals surface area contributed by atoms with Crippen LogP contribution in [0.2, 0.25) is 0 Å². The van der Waals surface area contributed by atoms with Gasteiger partial charge in [0.1, 0.15) is 28.7 Å². The van der Waals surface area contributed by atoms with Gasteiger partial charge in [0.15, 0.2) is 0 Å². The van der Waals surface area contributed by atoms with E-state index in [1.54, 1.807) is 55.5 Å². The van der Waals surface area contributed by atoms with Gasteiger partial charge in [-0.1, -0.05) is 30.2 Å². The molecule has 1 fully saturated rings. The lowest BCUT2D eigenvalue weighted by Crippen LogP contribution is -2.33. The van der Waals surface area contributed by atoms with Crippen molar-refractivity contribution in [3.63, 3.8) is 0 Å². The molecular formula is C27H29N5O5S. The van der Waals surface area contributed by atoms with E-state index < -0.39 is 10.0 Å². The van der Waals surface area contributed by atoms with Crippen molar-refractivity contribution in [2.45, 2.75) is 43.2 Å². The summed E-state index contributed by atoms with van der Waals surface area (Å²) >= 11 is 0. The highest BCUT2D eigenvalue weighted by molar-refractivity contribution is 7.89. The van der Waals surface area contributed by atoms with Crippen LogP contribution >= 0.6 is 0 Å². The zero-order valence-corrected chi connectivity index (χ0v) is 22.0. The van der Waals surface area contributed by atoms with Gasteiger partial charge in [0.25, 0.3) is 0 Å². The Morgan fingerprint density at radius 1 is 1.03 bits per heavy atom. The van der Waals surface area contributed by atoms with E-state index in [-0.39, 0.29) is 28.9 Å². The maximum absolute atomic E-state index is 13.5. The Morgan fingerprint density at radius 3 is 2.58 bits per heavy atom. The van der Waals surface area contributed by atoms with Crippen LogP contribution in [0.1, 0.15) is 31.4 Å². The van der Waals surface area contributed by atoms with Crippen LogP contribution in [0.5, 0.6) is 11.5 Å². The largest absolute Gasteiger partial charge is 0.497 e. The number of ether oxygens (including phenoxy) is 2. The van der Waals surface area contributed by atoms with Crippen LogP contribution in [0.3, 0.4) is 0 Å². The molecule has 2 aromatic carbocycles. The van der Waals surface area contributed by atoms with Crippen molar-refractivity contribution in [3.05, 3.63) is 83.0 Å². The zero-order valence-electron chi connectivity index (χ0n) is 21.2. The lowest BCUT2D eigenvalue weighted by atomic mass is 10.1. The smallest absolute Gasteiger partial charge is 0.250 e. The molecule has 0 saturated heterocycles.